The van der Waals surface area contributed by atoms with Crippen LogP contribution >= 0.6 is 0 Å². The molecule has 0 aromatic heterocycles. The van der Waals surface area contributed by atoms with Crippen molar-refractivity contribution in [2.45, 2.75) is 69.0 Å². The summed E-state index contributed by atoms with van der Waals surface area (Å²) in [7, 11) is 0. The highest BCUT2D eigenvalue weighted by Crippen LogP contribution is 2.50. The van der Waals surface area contributed by atoms with Gasteiger partial charge in [0.1, 0.15) is 17.0 Å². The number of nitrogens with zero attached hydrogens (tertiary/aromatic N) is 2. The molecular weight excluding hydrogens is 881 g/mol. The van der Waals surface area contributed by atoms with Crippen molar-refractivity contribution in [2.24, 2.45) is 0 Å². The van der Waals surface area contributed by atoms with Gasteiger partial charge >= 0.3 is 0 Å². The van der Waals surface area contributed by atoms with Crippen LogP contribution in [0.25, 0.3) is 44.5 Å². The molecule has 2 atom stereocenters. The van der Waals surface area contributed by atoms with Crippen LogP contribution in [0.5, 0.6) is 5.75 Å². The number of hydrogen-bond donors (Lipinski definition) is 3. The molecule has 2 heterocycles. The summed E-state index contributed by atoms with van der Waals surface area (Å²) in [6.45, 7) is 4.55. The summed E-state index contributed by atoms with van der Waals surface area (Å²) in [5, 5.41) is 40.9. The summed E-state index contributed by atoms with van der Waals surface area (Å²) in [5.41, 5.74) is 11.5. The predicted molar refractivity (Wildman–Crippen MR) is 293 cm³/mol. The number of benzene rings is 9. The van der Waals surface area contributed by atoms with Gasteiger partial charge in [0, 0.05) is 36.3 Å². The van der Waals surface area contributed by atoms with Gasteiger partial charge < -0.3 is 15.3 Å². The zero-order valence-corrected chi connectivity index (χ0v) is 41.0. The summed E-state index contributed by atoms with van der Waals surface area (Å²) in [5.74, 6) is 0.271. The first kappa shape index (κ1) is 47.0. The third-order valence-electron chi connectivity index (χ3n) is 15.5. The molecule has 5 heteroatoms. The lowest BCUT2D eigenvalue weighted by Gasteiger charge is -2.42. The highest BCUT2D eigenvalue weighted by atomic mass is 16.3. The highest BCUT2D eigenvalue weighted by molar-refractivity contribution is 5.76. The first-order valence-corrected chi connectivity index (χ1v) is 25.7. The number of aromatic hydroxyl groups is 1. The monoisotopic (exact) mass is 942 g/mol. The zero-order chi connectivity index (χ0) is 49.1. The van der Waals surface area contributed by atoms with E-state index in [1.807, 2.05) is 48.5 Å². The van der Waals surface area contributed by atoms with Gasteiger partial charge in [-0.1, -0.05) is 236 Å². The number of hydrogen-bond acceptors (Lipinski definition) is 5. The number of phenols is 1. The van der Waals surface area contributed by atoms with Crippen LogP contribution in [-0.4, -0.2) is 50.3 Å². The normalized spacial score (nSPS) is 16.5. The molecule has 2 aliphatic rings. The van der Waals surface area contributed by atoms with Crippen molar-refractivity contribution in [3.8, 4) is 50.3 Å². The second kappa shape index (κ2) is 20.4. The molecular formula is C67H62N2O3. The smallest absolute Gasteiger partial charge is 0.131 e. The first-order valence-electron chi connectivity index (χ1n) is 25.7. The largest absolute Gasteiger partial charge is 0.507 e. The molecule has 2 fully saturated rings. The fraction of sp³-hybridized carbons (Fsp3) is 0.194. The fourth-order valence-electron chi connectivity index (χ4n) is 12.3. The van der Waals surface area contributed by atoms with Crippen molar-refractivity contribution in [1.82, 2.24) is 9.80 Å². The molecule has 0 spiro atoms. The Morgan fingerprint density at radius 1 is 0.389 bits per heavy atom. The van der Waals surface area contributed by atoms with E-state index in [-0.39, 0.29) is 17.8 Å². The number of aryl methyl sites for hydroxylation is 1. The maximum atomic E-state index is 14.1. The van der Waals surface area contributed by atoms with Crippen molar-refractivity contribution in [2.75, 3.05) is 13.1 Å². The average Bonchev–Trinajstić information content (AvgIpc) is 4.13. The minimum atomic E-state index is -1.43. The van der Waals surface area contributed by atoms with Gasteiger partial charge in [-0.25, -0.2) is 0 Å². The van der Waals surface area contributed by atoms with Gasteiger partial charge in [-0.3, -0.25) is 9.80 Å². The fourth-order valence-corrected chi connectivity index (χ4v) is 12.3. The molecule has 2 aliphatic heterocycles. The van der Waals surface area contributed by atoms with Crippen LogP contribution in [0.15, 0.2) is 231 Å². The molecule has 9 aromatic carbocycles. The van der Waals surface area contributed by atoms with Crippen molar-refractivity contribution < 1.29 is 15.3 Å². The molecule has 5 nitrogen and oxygen atoms in total. The topological polar surface area (TPSA) is 67.2 Å². The zero-order valence-electron chi connectivity index (χ0n) is 41.0. The summed E-state index contributed by atoms with van der Waals surface area (Å²) in [6, 6.07) is 78.5. The van der Waals surface area contributed by atoms with Gasteiger partial charge in [0.25, 0.3) is 0 Å². The lowest BCUT2D eigenvalue weighted by atomic mass is 9.73. The maximum absolute atomic E-state index is 14.1. The summed E-state index contributed by atoms with van der Waals surface area (Å²) >= 11 is 0. The van der Waals surface area contributed by atoms with E-state index >= 15 is 0 Å². The molecule has 2 saturated heterocycles. The Morgan fingerprint density at radius 3 is 0.944 bits per heavy atom. The van der Waals surface area contributed by atoms with Gasteiger partial charge in [-0.05, 0) is 112 Å². The van der Waals surface area contributed by atoms with Gasteiger partial charge in [0.05, 0.1) is 0 Å². The Labute approximate surface area is 425 Å². The molecule has 0 amide bonds. The van der Waals surface area contributed by atoms with Crippen molar-refractivity contribution in [1.29, 1.82) is 0 Å². The van der Waals surface area contributed by atoms with Gasteiger partial charge in [-0.15, -0.1) is 0 Å². The van der Waals surface area contributed by atoms with E-state index in [9.17, 15) is 15.3 Å². The van der Waals surface area contributed by atoms with Crippen molar-refractivity contribution in [3.63, 3.8) is 0 Å². The minimum absolute atomic E-state index is 0.271. The third-order valence-corrected chi connectivity index (χ3v) is 15.5. The SMILES string of the molecule is Cc1cc(CN2CCC[C@@H]2C(O)(c2ccccc2-c2ccccc2)c2ccccc2-c2ccccc2)c(O)c(CN2CCC[C@@H]2C(O)(c2ccccc2-c2ccccc2)c2ccccc2-c2ccccc2)c1. The molecule has 11 rings (SSSR count). The molecule has 358 valence electrons. The molecule has 9 aromatic rings. The number of phenolic OH excluding ortho intramolecular Hbond substituents is 1. The number of likely N-dealkylation sites (tertiary alicyclic amines) is 2. The van der Waals surface area contributed by atoms with E-state index < -0.39 is 11.2 Å². The van der Waals surface area contributed by atoms with E-state index in [1.165, 1.54) is 0 Å². The standard InChI is InChI=1S/C67H62N2O3/c1-48-44-53(46-68-42-22-40-63(68)66(71,59-36-18-14-32-55(59)49-24-6-2-7-25-49)60-37-19-15-33-56(60)50-26-8-3-9-27-50)65(70)54(45-48)47-69-43-23-41-64(69)67(72,61-38-20-16-34-57(61)51-28-10-4-11-29-51)62-39-21-17-35-58(62)52-30-12-5-13-31-52/h2-21,24-39,44-45,63-64,70-72H,22-23,40-43,46-47H2,1H3/t63-,64-/m1/s1. The summed E-state index contributed by atoms with van der Waals surface area (Å²) in [6.07, 6.45) is 3.34. The third kappa shape index (κ3) is 8.77. The van der Waals surface area contributed by atoms with E-state index in [4.69, 9.17) is 0 Å². The van der Waals surface area contributed by atoms with Crippen LogP contribution in [0.1, 0.15) is 64.6 Å². The van der Waals surface area contributed by atoms with E-state index in [2.05, 4.69) is 199 Å². The second-order valence-corrected chi connectivity index (χ2v) is 19.9. The lowest BCUT2D eigenvalue weighted by molar-refractivity contribution is -0.00645. The van der Waals surface area contributed by atoms with Crippen LogP contribution in [0.4, 0.5) is 0 Å². The Morgan fingerprint density at radius 2 is 0.653 bits per heavy atom. The van der Waals surface area contributed by atoms with E-state index in [1.54, 1.807) is 0 Å². The second-order valence-electron chi connectivity index (χ2n) is 19.9. The summed E-state index contributed by atoms with van der Waals surface area (Å²) in [4.78, 5) is 4.81. The Bertz CT molecular complexity index is 2900. The maximum Gasteiger partial charge on any atom is 0.131 e. The Hall–Kier alpha value is -7.38. The number of rotatable bonds is 14. The molecule has 72 heavy (non-hydrogen) atoms. The quantitative estimate of drug-likeness (QED) is 0.101. The predicted octanol–water partition coefficient (Wildman–Crippen LogP) is 14.2. The van der Waals surface area contributed by atoms with Crippen molar-refractivity contribution in [3.05, 3.63) is 269 Å². The van der Waals surface area contributed by atoms with E-state index in [0.717, 1.165) is 122 Å². The van der Waals surface area contributed by atoms with Gasteiger partial charge in [0.2, 0.25) is 0 Å². The van der Waals surface area contributed by atoms with Crippen LogP contribution in [0, 0.1) is 6.92 Å². The Kier molecular flexibility index (Phi) is 13.3. The number of aliphatic hydroxyl groups is 2. The molecule has 0 unspecified atom stereocenters. The van der Waals surface area contributed by atoms with E-state index in [0.29, 0.717) is 13.1 Å². The summed E-state index contributed by atoms with van der Waals surface area (Å²) < 4.78 is 0. The molecule has 3 N–H and O–H groups in total. The minimum Gasteiger partial charge on any atom is -0.507 e. The molecule has 0 aliphatic carbocycles. The van der Waals surface area contributed by atoms with Gasteiger partial charge in [0.15, 0.2) is 0 Å². The molecule has 0 saturated carbocycles. The molecule has 0 bridgehead atoms. The Balaban J connectivity index is 0.984. The van der Waals surface area contributed by atoms with Crippen LogP contribution in [-0.2, 0) is 24.3 Å². The van der Waals surface area contributed by atoms with Crippen LogP contribution < -0.4 is 0 Å². The molecule has 0 radical (unpaired) electrons. The first-order chi connectivity index (χ1) is 35.3. The lowest BCUT2D eigenvalue weighted by Crippen LogP contribution is -2.49. The average molecular weight is 943 g/mol. The van der Waals surface area contributed by atoms with Crippen molar-refractivity contribution >= 4 is 0 Å². The highest BCUT2D eigenvalue weighted by Gasteiger charge is 2.49. The van der Waals surface area contributed by atoms with Crippen LogP contribution in [0.3, 0.4) is 0 Å². The van der Waals surface area contributed by atoms with Gasteiger partial charge in [-0.2, -0.15) is 0 Å². The van der Waals surface area contributed by atoms with Crippen LogP contribution in [0.2, 0.25) is 0 Å².